The van der Waals surface area contributed by atoms with Crippen LogP contribution < -0.4 is 10.2 Å². The zero-order valence-corrected chi connectivity index (χ0v) is 13.0. The van der Waals surface area contributed by atoms with E-state index in [-0.39, 0.29) is 17.2 Å². The SMILES string of the molecule is CC(=O)Nc1ccc(N2C(=O)CSC2c2cccs2)cc1. The maximum Gasteiger partial charge on any atom is 0.238 e. The zero-order chi connectivity index (χ0) is 14.8. The maximum atomic E-state index is 12.2. The summed E-state index contributed by atoms with van der Waals surface area (Å²) in [4.78, 5) is 26.2. The van der Waals surface area contributed by atoms with Crippen LogP contribution in [0.4, 0.5) is 11.4 Å². The minimum atomic E-state index is -0.105. The molecule has 2 aromatic rings. The summed E-state index contributed by atoms with van der Waals surface area (Å²) in [6, 6.07) is 11.4. The number of nitrogens with one attached hydrogen (secondary N) is 1. The smallest absolute Gasteiger partial charge is 0.238 e. The predicted octanol–water partition coefficient (Wildman–Crippen LogP) is 3.49. The quantitative estimate of drug-likeness (QED) is 0.942. The van der Waals surface area contributed by atoms with Crippen molar-refractivity contribution in [1.82, 2.24) is 0 Å². The van der Waals surface area contributed by atoms with E-state index in [4.69, 9.17) is 0 Å². The van der Waals surface area contributed by atoms with Gasteiger partial charge in [0.2, 0.25) is 11.8 Å². The molecule has 6 heteroatoms. The van der Waals surface area contributed by atoms with E-state index in [1.165, 1.54) is 11.8 Å². The van der Waals surface area contributed by atoms with Gasteiger partial charge in [-0.05, 0) is 35.7 Å². The summed E-state index contributed by atoms with van der Waals surface area (Å²) >= 11 is 3.30. The minimum absolute atomic E-state index is 0.0455. The number of hydrogen-bond donors (Lipinski definition) is 1. The van der Waals surface area contributed by atoms with Crippen molar-refractivity contribution in [2.75, 3.05) is 16.0 Å². The fourth-order valence-electron chi connectivity index (χ4n) is 2.25. The number of carbonyl (C=O) groups excluding carboxylic acids is 2. The van der Waals surface area contributed by atoms with Crippen molar-refractivity contribution in [1.29, 1.82) is 0 Å². The van der Waals surface area contributed by atoms with Crippen LogP contribution in [-0.4, -0.2) is 17.6 Å². The molecular weight excluding hydrogens is 304 g/mol. The van der Waals surface area contributed by atoms with E-state index in [0.717, 1.165) is 11.4 Å². The third-order valence-electron chi connectivity index (χ3n) is 3.12. The van der Waals surface area contributed by atoms with Gasteiger partial charge in [0.15, 0.2) is 0 Å². The van der Waals surface area contributed by atoms with Crippen LogP contribution in [0.1, 0.15) is 17.2 Å². The monoisotopic (exact) mass is 318 g/mol. The van der Waals surface area contributed by atoms with E-state index in [0.29, 0.717) is 5.75 Å². The summed E-state index contributed by atoms with van der Waals surface area (Å²) in [6.07, 6.45) is 0. The molecule has 2 heterocycles. The molecule has 1 aromatic carbocycles. The molecule has 4 nitrogen and oxygen atoms in total. The number of benzene rings is 1. The Bertz CT molecular complexity index is 653. The average molecular weight is 318 g/mol. The first-order valence-electron chi connectivity index (χ1n) is 6.50. The van der Waals surface area contributed by atoms with Gasteiger partial charge in [0.05, 0.1) is 5.75 Å². The fourth-order valence-corrected chi connectivity index (χ4v) is 4.39. The maximum absolute atomic E-state index is 12.2. The molecule has 1 atom stereocenters. The van der Waals surface area contributed by atoms with Crippen LogP contribution in [0.25, 0.3) is 0 Å². The lowest BCUT2D eigenvalue weighted by atomic mass is 10.2. The molecule has 1 fully saturated rings. The molecule has 0 radical (unpaired) electrons. The summed E-state index contributed by atoms with van der Waals surface area (Å²) in [7, 11) is 0. The number of amides is 2. The van der Waals surface area contributed by atoms with Gasteiger partial charge in [-0.25, -0.2) is 0 Å². The largest absolute Gasteiger partial charge is 0.326 e. The Morgan fingerprint density at radius 3 is 2.67 bits per heavy atom. The van der Waals surface area contributed by atoms with Crippen LogP contribution in [0.5, 0.6) is 0 Å². The van der Waals surface area contributed by atoms with E-state index in [2.05, 4.69) is 11.4 Å². The number of thioether (sulfide) groups is 1. The fraction of sp³-hybridized carbons (Fsp3) is 0.200. The number of rotatable bonds is 3. The molecule has 3 rings (SSSR count). The summed E-state index contributed by atoms with van der Waals surface area (Å²) in [5.41, 5.74) is 1.59. The van der Waals surface area contributed by atoms with Crippen LogP contribution in [0.2, 0.25) is 0 Å². The van der Waals surface area contributed by atoms with Gasteiger partial charge in [0, 0.05) is 23.2 Å². The van der Waals surface area contributed by atoms with Crippen molar-refractivity contribution in [3.05, 3.63) is 46.7 Å². The third-order valence-corrected chi connectivity index (χ3v) is 5.39. The molecule has 0 aliphatic carbocycles. The standard InChI is InChI=1S/C15H14N2O2S2/c1-10(18)16-11-4-6-12(7-5-11)17-14(19)9-21-15(17)13-3-2-8-20-13/h2-8,15H,9H2,1H3,(H,16,18). The van der Waals surface area contributed by atoms with Gasteiger partial charge < -0.3 is 5.32 Å². The zero-order valence-electron chi connectivity index (χ0n) is 11.4. The average Bonchev–Trinajstić information content (AvgIpc) is 3.08. The summed E-state index contributed by atoms with van der Waals surface area (Å²) < 4.78 is 0. The third kappa shape index (κ3) is 2.96. The molecule has 0 bridgehead atoms. The molecule has 21 heavy (non-hydrogen) atoms. The van der Waals surface area contributed by atoms with E-state index >= 15 is 0 Å². The first kappa shape index (κ1) is 14.2. The Hall–Kier alpha value is -1.79. The Morgan fingerprint density at radius 1 is 1.29 bits per heavy atom. The van der Waals surface area contributed by atoms with Gasteiger partial charge in [0.25, 0.3) is 0 Å². The number of hydrogen-bond acceptors (Lipinski definition) is 4. The van der Waals surface area contributed by atoms with E-state index in [1.54, 1.807) is 23.1 Å². The Morgan fingerprint density at radius 2 is 2.05 bits per heavy atom. The van der Waals surface area contributed by atoms with Crippen molar-refractivity contribution < 1.29 is 9.59 Å². The van der Waals surface area contributed by atoms with E-state index < -0.39 is 0 Å². The molecule has 2 amide bonds. The number of anilines is 2. The minimum Gasteiger partial charge on any atom is -0.326 e. The molecule has 0 saturated carbocycles. The Kier molecular flexibility index (Phi) is 3.98. The van der Waals surface area contributed by atoms with Crippen LogP contribution in [0.15, 0.2) is 41.8 Å². The van der Waals surface area contributed by atoms with Crippen molar-refractivity contribution in [2.24, 2.45) is 0 Å². The predicted molar refractivity (Wildman–Crippen MR) is 87.7 cm³/mol. The summed E-state index contributed by atoms with van der Waals surface area (Å²) in [6.45, 7) is 1.47. The highest BCUT2D eigenvalue weighted by Gasteiger charge is 2.34. The molecule has 1 N–H and O–H groups in total. The molecule has 1 saturated heterocycles. The van der Waals surface area contributed by atoms with Crippen molar-refractivity contribution in [2.45, 2.75) is 12.3 Å². The first-order chi connectivity index (χ1) is 10.1. The highest BCUT2D eigenvalue weighted by atomic mass is 32.2. The number of nitrogens with zero attached hydrogens (tertiary/aromatic N) is 1. The van der Waals surface area contributed by atoms with E-state index in [1.807, 2.05) is 40.6 Å². The van der Waals surface area contributed by atoms with Crippen molar-refractivity contribution in [3.63, 3.8) is 0 Å². The van der Waals surface area contributed by atoms with E-state index in [9.17, 15) is 9.59 Å². The van der Waals surface area contributed by atoms with Gasteiger partial charge in [-0.1, -0.05) is 6.07 Å². The molecule has 0 spiro atoms. The number of carbonyl (C=O) groups is 2. The van der Waals surface area contributed by atoms with Crippen molar-refractivity contribution in [3.8, 4) is 0 Å². The van der Waals surface area contributed by atoms with Gasteiger partial charge in [-0.2, -0.15) is 0 Å². The highest BCUT2D eigenvalue weighted by molar-refractivity contribution is 8.01. The summed E-state index contributed by atoms with van der Waals surface area (Å²) in [5.74, 6) is 0.508. The van der Waals surface area contributed by atoms with Gasteiger partial charge in [0.1, 0.15) is 5.37 Å². The normalized spacial score (nSPS) is 18.0. The van der Waals surface area contributed by atoms with Crippen molar-refractivity contribution >= 4 is 46.3 Å². The molecule has 108 valence electrons. The lowest BCUT2D eigenvalue weighted by Gasteiger charge is -2.23. The molecule has 1 aromatic heterocycles. The second kappa shape index (κ2) is 5.91. The van der Waals surface area contributed by atoms with Gasteiger partial charge in [-0.15, -0.1) is 23.1 Å². The lowest BCUT2D eigenvalue weighted by molar-refractivity contribution is -0.116. The summed E-state index contributed by atoms with van der Waals surface area (Å²) in [5, 5.41) is 4.80. The topological polar surface area (TPSA) is 49.4 Å². The first-order valence-corrected chi connectivity index (χ1v) is 8.43. The number of thiophene rings is 1. The lowest BCUT2D eigenvalue weighted by Crippen LogP contribution is -2.27. The van der Waals surface area contributed by atoms with Crippen LogP contribution in [0.3, 0.4) is 0 Å². The molecule has 1 unspecified atom stereocenters. The van der Waals surface area contributed by atoms with Gasteiger partial charge >= 0.3 is 0 Å². The Balaban J connectivity index is 1.86. The van der Waals surface area contributed by atoms with Crippen LogP contribution in [-0.2, 0) is 9.59 Å². The second-order valence-corrected chi connectivity index (χ2v) is 6.72. The van der Waals surface area contributed by atoms with Crippen LogP contribution in [0, 0.1) is 0 Å². The highest BCUT2D eigenvalue weighted by Crippen LogP contribution is 2.43. The second-order valence-electron chi connectivity index (χ2n) is 4.67. The molecule has 1 aliphatic rings. The molecular formula is C15H14N2O2S2. The van der Waals surface area contributed by atoms with Gasteiger partial charge in [-0.3, -0.25) is 14.5 Å². The Labute approximate surface area is 131 Å². The molecule has 1 aliphatic heterocycles. The van der Waals surface area contributed by atoms with Crippen LogP contribution >= 0.6 is 23.1 Å².